The molecule has 0 N–H and O–H groups in total. The Balaban J connectivity index is 2.07. The first-order valence-electron chi connectivity index (χ1n) is 8.97. The first-order valence-corrected chi connectivity index (χ1v) is 9.95. The molecule has 0 saturated carbocycles. The van der Waals surface area contributed by atoms with Crippen molar-refractivity contribution >= 4 is 17.5 Å². The number of nitriles is 2. The highest BCUT2D eigenvalue weighted by Gasteiger charge is 2.23. The van der Waals surface area contributed by atoms with Gasteiger partial charge in [-0.3, -0.25) is 4.79 Å². The molecule has 0 spiro atoms. The van der Waals surface area contributed by atoms with E-state index in [2.05, 4.69) is 17.1 Å². The number of hydrogen-bond acceptors (Lipinski definition) is 6. The van der Waals surface area contributed by atoms with Gasteiger partial charge in [0.2, 0.25) is 5.88 Å². The molecule has 3 aromatic rings. The summed E-state index contributed by atoms with van der Waals surface area (Å²) in [6.45, 7) is 2.13. The highest BCUT2D eigenvalue weighted by Crippen LogP contribution is 2.37. The van der Waals surface area contributed by atoms with Crippen molar-refractivity contribution in [2.24, 2.45) is 0 Å². The molecule has 0 unspecified atom stereocenters. The zero-order valence-corrected chi connectivity index (χ0v) is 16.6. The normalized spacial score (nSPS) is 10.0. The molecule has 0 bridgehead atoms. The molecule has 0 aliphatic carbocycles. The molecule has 3 rings (SSSR count). The lowest BCUT2D eigenvalue weighted by Gasteiger charge is -2.14. The molecule has 5 nitrogen and oxygen atoms in total. The van der Waals surface area contributed by atoms with Crippen LogP contribution in [0.5, 0.6) is 5.88 Å². The lowest BCUT2D eigenvalue weighted by molar-refractivity contribution is 0.102. The average Bonchev–Trinajstić information content (AvgIpc) is 2.78. The van der Waals surface area contributed by atoms with Crippen LogP contribution in [0.2, 0.25) is 0 Å². The maximum Gasteiger partial charge on any atom is 0.233 e. The van der Waals surface area contributed by atoms with Crippen molar-refractivity contribution in [1.29, 1.82) is 10.5 Å². The molecule has 0 radical (unpaired) electrons. The van der Waals surface area contributed by atoms with Crippen molar-refractivity contribution < 1.29 is 9.53 Å². The second kappa shape index (κ2) is 9.54. The first-order chi connectivity index (χ1) is 14.2. The second-order valence-electron chi connectivity index (χ2n) is 5.95. The molecule has 0 amide bonds. The Labute approximate surface area is 173 Å². The number of ketones is 1. The first kappa shape index (κ1) is 20.1. The van der Waals surface area contributed by atoms with E-state index in [-0.39, 0.29) is 28.5 Å². The Morgan fingerprint density at radius 1 is 1.00 bits per heavy atom. The van der Waals surface area contributed by atoms with E-state index >= 15 is 0 Å². The molecule has 0 aliphatic heterocycles. The van der Waals surface area contributed by atoms with Crippen molar-refractivity contribution in [3.63, 3.8) is 0 Å². The van der Waals surface area contributed by atoms with Gasteiger partial charge in [0, 0.05) is 11.1 Å². The molecule has 2 aromatic carbocycles. The minimum absolute atomic E-state index is 0.0649. The van der Waals surface area contributed by atoms with Gasteiger partial charge in [-0.15, -0.1) is 0 Å². The van der Waals surface area contributed by atoms with Gasteiger partial charge in [-0.1, -0.05) is 72.4 Å². The quantitative estimate of drug-likeness (QED) is 0.416. The lowest BCUT2D eigenvalue weighted by Crippen LogP contribution is -2.06. The Kier molecular flexibility index (Phi) is 6.63. The number of pyridine rings is 1. The number of nitrogens with zero attached hydrogens (tertiary/aromatic N) is 3. The number of ether oxygens (including phenoxy) is 1. The van der Waals surface area contributed by atoms with Gasteiger partial charge in [0.25, 0.3) is 0 Å². The zero-order chi connectivity index (χ0) is 20.6. The SMILES string of the molecule is CCOc1nc(SCC(=O)c2ccccc2)c(C#N)c(-c2ccccc2)c1C#N. The molecular weight excluding hydrogens is 382 g/mol. The Morgan fingerprint density at radius 2 is 1.62 bits per heavy atom. The van der Waals surface area contributed by atoms with Crippen LogP contribution in [-0.4, -0.2) is 23.1 Å². The summed E-state index contributed by atoms with van der Waals surface area (Å²) in [5, 5.41) is 19.9. The van der Waals surface area contributed by atoms with Crippen LogP contribution in [0.25, 0.3) is 11.1 Å². The highest BCUT2D eigenvalue weighted by atomic mass is 32.2. The molecule has 0 atom stereocenters. The van der Waals surface area contributed by atoms with Crippen LogP contribution in [0.4, 0.5) is 0 Å². The van der Waals surface area contributed by atoms with Gasteiger partial charge >= 0.3 is 0 Å². The third-order valence-corrected chi connectivity index (χ3v) is 5.11. The van der Waals surface area contributed by atoms with Crippen molar-refractivity contribution in [2.45, 2.75) is 11.9 Å². The van der Waals surface area contributed by atoms with Gasteiger partial charge in [0.05, 0.1) is 17.9 Å². The summed E-state index contributed by atoms with van der Waals surface area (Å²) in [6.07, 6.45) is 0. The molecular formula is C23H17N3O2S. The van der Waals surface area contributed by atoms with E-state index in [0.717, 1.165) is 5.56 Å². The topological polar surface area (TPSA) is 86.8 Å². The summed E-state index contributed by atoms with van der Waals surface area (Å²) in [7, 11) is 0. The van der Waals surface area contributed by atoms with E-state index in [1.165, 1.54) is 11.8 Å². The second-order valence-corrected chi connectivity index (χ2v) is 6.91. The predicted molar refractivity (Wildman–Crippen MR) is 112 cm³/mol. The molecule has 0 fully saturated rings. The lowest BCUT2D eigenvalue weighted by atomic mass is 9.97. The number of benzene rings is 2. The number of rotatable bonds is 7. The standard InChI is InChI=1S/C23H17N3O2S/c1-2-28-22-18(13-24)21(17-11-7-4-8-12-17)19(14-25)23(26-22)29-15-20(27)16-9-5-3-6-10-16/h3-12H,2,15H2,1H3. The van der Waals surface area contributed by atoms with E-state index in [1.807, 2.05) is 36.4 Å². The van der Waals surface area contributed by atoms with Gasteiger partial charge < -0.3 is 4.74 Å². The summed E-state index contributed by atoms with van der Waals surface area (Å²) in [5.74, 6) is 0.226. The number of Topliss-reactive ketones (excluding diaryl/α,β-unsaturated/α-hetero) is 1. The van der Waals surface area contributed by atoms with Crippen LogP contribution in [0.3, 0.4) is 0 Å². The third kappa shape index (κ3) is 4.45. The zero-order valence-electron chi connectivity index (χ0n) is 15.8. The fourth-order valence-corrected chi connectivity index (χ4v) is 3.70. The minimum atomic E-state index is -0.0649. The summed E-state index contributed by atoms with van der Waals surface area (Å²) < 4.78 is 5.58. The third-order valence-electron chi connectivity index (χ3n) is 4.13. The van der Waals surface area contributed by atoms with Gasteiger partial charge in [-0.05, 0) is 12.5 Å². The Bertz CT molecular complexity index is 1100. The number of hydrogen-bond donors (Lipinski definition) is 0. The summed E-state index contributed by atoms with van der Waals surface area (Å²) in [4.78, 5) is 16.9. The molecule has 0 saturated heterocycles. The van der Waals surface area contributed by atoms with Crippen molar-refractivity contribution in [3.05, 3.63) is 77.4 Å². The molecule has 1 heterocycles. The molecule has 0 aliphatic rings. The van der Waals surface area contributed by atoms with E-state index in [1.54, 1.807) is 31.2 Å². The van der Waals surface area contributed by atoms with Gasteiger partial charge in [0.15, 0.2) is 5.78 Å². The van der Waals surface area contributed by atoms with E-state index in [4.69, 9.17) is 4.74 Å². The number of thioether (sulfide) groups is 1. The number of carbonyl (C=O) groups excluding carboxylic acids is 1. The molecule has 29 heavy (non-hydrogen) atoms. The number of carbonyl (C=O) groups is 1. The largest absolute Gasteiger partial charge is 0.477 e. The highest BCUT2D eigenvalue weighted by molar-refractivity contribution is 8.00. The van der Waals surface area contributed by atoms with Crippen LogP contribution in [0, 0.1) is 22.7 Å². The minimum Gasteiger partial charge on any atom is -0.477 e. The average molecular weight is 399 g/mol. The van der Waals surface area contributed by atoms with Crippen LogP contribution < -0.4 is 4.74 Å². The van der Waals surface area contributed by atoms with Gasteiger partial charge in [0.1, 0.15) is 22.7 Å². The Morgan fingerprint density at radius 3 is 2.21 bits per heavy atom. The number of aromatic nitrogens is 1. The van der Waals surface area contributed by atoms with Crippen molar-refractivity contribution in [3.8, 4) is 29.1 Å². The molecule has 1 aromatic heterocycles. The van der Waals surface area contributed by atoms with Crippen molar-refractivity contribution in [2.75, 3.05) is 12.4 Å². The van der Waals surface area contributed by atoms with Crippen LogP contribution in [0.1, 0.15) is 28.4 Å². The fraction of sp³-hybridized carbons (Fsp3) is 0.130. The Hall–Kier alpha value is -3.61. The van der Waals surface area contributed by atoms with Gasteiger partial charge in [-0.25, -0.2) is 4.98 Å². The monoisotopic (exact) mass is 399 g/mol. The van der Waals surface area contributed by atoms with Crippen LogP contribution in [0.15, 0.2) is 65.7 Å². The summed E-state index contributed by atoms with van der Waals surface area (Å²) in [5.41, 5.74) is 2.28. The van der Waals surface area contributed by atoms with E-state index < -0.39 is 0 Å². The maximum absolute atomic E-state index is 12.5. The molecule has 6 heteroatoms. The predicted octanol–water partition coefficient (Wildman–Crippen LogP) is 4.87. The molecule has 142 valence electrons. The maximum atomic E-state index is 12.5. The smallest absolute Gasteiger partial charge is 0.233 e. The summed E-state index contributed by atoms with van der Waals surface area (Å²) in [6, 6.07) is 22.4. The fourth-order valence-electron chi connectivity index (χ4n) is 2.83. The van der Waals surface area contributed by atoms with Crippen molar-refractivity contribution in [1.82, 2.24) is 4.98 Å². The van der Waals surface area contributed by atoms with Crippen LogP contribution in [-0.2, 0) is 0 Å². The van der Waals surface area contributed by atoms with Crippen LogP contribution >= 0.6 is 11.8 Å². The summed E-state index contributed by atoms with van der Waals surface area (Å²) >= 11 is 1.17. The van der Waals surface area contributed by atoms with E-state index in [9.17, 15) is 15.3 Å². The van der Waals surface area contributed by atoms with Gasteiger partial charge in [-0.2, -0.15) is 10.5 Å². The van der Waals surface area contributed by atoms with E-state index in [0.29, 0.717) is 22.8 Å².